The SMILES string of the molecule is Cc1nc(Nc2nc(C)c(C)s2)cc(C2CCCCN2C(=O)C=Cc2cnc[nH]2)n1. The Hall–Kier alpha value is -3.07. The maximum atomic E-state index is 12.9. The first-order chi connectivity index (χ1) is 14.5. The fourth-order valence-electron chi connectivity index (χ4n) is 3.58. The van der Waals surface area contributed by atoms with E-state index in [1.165, 1.54) is 4.88 Å². The molecule has 8 nitrogen and oxygen atoms in total. The van der Waals surface area contributed by atoms with Crippen molar-refractivity contribution >= 4 is 34.3 Å². The number of piperidine rings is 1. The van der Waals surface area contributed by atoms with Crippen LogP contribution in [0.3, 0.4) is 0 Å². The first-order valence-electron chi connectivity index (χ1n) is 10.0. The molecule has 1 aliphatic heterocycles. The third kappa shape index (κ3) is 4.56. The number of anilines is 2. The highest BCUT2D eigenvalue weighted by atomic mass is 32.1. The van der Waals surface area contributed by atoms with E-state index >= 15 is 0 Å². The zero-order chi connectivity index (χ0) is 21.1. The summed E-state index contributed by atoms with van der Waals surface area (Å²) in [7, 11) is 0. The van der Waals surface area contributed by atoms with Gasteiger partial charge in [0, 0.05) is 23.6 Å². The van der Waals surface area contributed by atoms with Crippen molar-refractivity contribution in [1.29, 1.82) is 0 Å². The Labute approximate surface area is 179 Å². The van der Waals surface area contributed by atoms with Crippen LogP contribution >= 0.6 is 11.3 Å². The number of nitrogens with one attached hydrogen (secondary N) is 2. The van der Waals surface area contributed by atoms with Gasteiger partial charge in [0.05, 0.1) is 35.6 Å². The fourth-order valence-corrected chi connectivity index (χ4v) is 4.40. The van der Waals surface area contributed by atoms with E-state index in [0.717, 1.165) is 41.5 Å². The predicted molar refractivity (Wildman–Crippen MR) is 118 cm³/mol. The number of carbonyl (C=O) groups is 1. The van der Waals surface area contributed by atoms with Crippen molar-refractivity contribution in [2.75, 3.05) is 11.9 Å². The molecule has 3 aromatic rings. The first-order valence-corrected chi connectivity index (χ1v) is 10.8. The van der Waals surface area contributed by atoms with Gasteiger partial charge in [-0.2, -0.15) is 0 Å². The van der Waals surface area contributed by atoms with Crippen LogP contribution in [0.1, 0.15) is 53.1 Å². The molecule has 1 saturated heterocycles. The number of rotatable bonds is 5. The molecule has 3 aromatic heterocycles. The van der Waals surface area contributed by atoms with E-state index in [2.05, 4.69) is 37.2 Å². The molecule has 1 fully saturated rings. The van der Waals surface area contributed by atoms with Crippen LogP contribution in [0, 0.1) is 20.8 Å². The second-order valence-corrected chi connectivity index (χ2v) is 8.60. The second-order valence-electron chi connectivity index (χ2n) is 7.39. The average molecular weight is 424 g/mol. The minimum Gasteiger partial charge on any atom is -0.345 e. The summed E-state index contributed by atoms with van der Waals surface area (Å²) in [5, 5.41) is 4.11. The molecule has 0 bridgehead atoms. The fraction of sp³-hybridized carbons (Fsp3) is 0.381. The zero-order valence-electron chi connectivity index (χ0n) is 17.3. The Morgan fingerprint density at radius 1 is 1.27 bits per heavy atom. The predicted octanol–water partition coefficient (Wildman–Crippen LogP) is 4.09. The minimum absolute atomic E-state index is 0.0220. The lowest BCUT2D eigenvalue weighted by molar-refractivity contribution is -0.129. The maximum absolute atomic E-state index is 12.9. The van der Waals surface area contributed by atoms with Crippen molar-refractivity contribution in [2.24, 2.45) is 0 Å². The van der Waals surface area contributed by atoms with Gasteiger partial charge in [0.1, 0.15) is 11.6 Å². The van der Waals surface area contributed by atoms with Crippen molar-refractivity contribution in [1.82, 2.24) is 29.8 Å². The number of aryl methyl sites for hydroxylation is 3. The number of likely N-dealkylation sites (tertiary alicyclic amines) is 1. The van der Waals surface area contributed by atoms with Gasteiger partial charge < -0.3 is 15.2 Å². The number of hydrogen-bond donors (Lipinski definition) is 2. The quantitative estimate of drug-likeness (QED) is 0.600. The number of aromatic amines is 1. The van der Waals surface area contributed by atoms with Crippen LogP contribution in [0.15, 0.2) is 24.7 Å². The lowest BCUT2D eigenvalue weighted by Crippen LogP contribution is -2.38. The molecule has 2 N–H and O–H groups in total. The molecule has 0 aromatic carbocycles. The summed E-state index contributed by atoms with van der Waals surface area (Å²) in [6.07, 6.45) is 9.58. The van der Waals surface area contributed by atoms with Gasteiger partial charge in [0.15, 0.2) is 5.13 Å². The van der Waals surface area contributed by atoms with Gasteiger partial charge in [-0.25, -0.2) is 19.9 Å². The largest absolute Gasteiger partial charge is 0.345 e. The number of carbonyl (C=O) groups excluding carboxylic acids is 1. The summed E-state index contributed by atoms with van der Waals surface area (Å²) in [5.41, 5.74) is 2.68. The molecule has 1 atom stereocenters. The van der Waals surface area contributed by atoms with E-state index in [1.807, 2.05) is 24.8 Å². The number of thiazole rings is 1. The molecule has 4 rings (SSSR count). The van der Waals surface area contributed by atoms with E-state index in [1.54, 1.807) is 36.0 Å². The van der Waals surface area contributed by atoms with E-state index in [9.17, 15) is 4.79 Å². The molecule has 9 heteroatoms. The summed E-state index contributed by atoms with van der Waals surface area (Å²) < 4.78 is 0. The Morgan fingerprint density at radius 2 is 2.13 bits per heavy atom. The van der Waals surface area contributed by atoms with Crippen LogP contribution in [0.2, 0.25) is 0 Å². The summed E-state index contributed by atoms with van der Waals surface area (Å²) in [4.78, 5) is 36.7. The maximum Gasteiger partial charge on any atom is 0.247 e. The third-order valence-corrected chi connectivity index (χ3v) is 6.16. The van der Waals surface area contributed by atoms with Crippen LogP contribution in [-0.2, 0) is 4.79 Å². The van der Waals surface area contributed by atoms with Gasteiger partial charge in [-0.05, 0) is 46.1 Å². The lowest BCUT2D eigenvalue weighted by Gasteiger charge is -2.35. The molecule has 1 unspecified atom stereocenters. The standard InChI is InChI=1S/C21H25N7OS/c1-13-14(2)30-21(24-13)27-19-10-17(25-15(3)26-19)18-6-4-5-9-28(18)20(29)8-7-16-11-22-12-23-16/h7-8,10-12,18H,4-6,9H2,1-3H3,(H,22,23)(H,24,25,26,27). The van der Waals surface area contributed by atoms with Crippen molar-refractivity contribution in [3.05, 3.63) is 52.4 Å². The van der Waals surface area contributed by atoms with Crippen molar-refractivity contribution < 1.29 is 4.79 Å². The summed E-state index contributed by atoms with van der Waals surface area (Å²) in [6.45, 7) is 6.64. The molecule has 0 saturated carbocycles. The Morgan fingerprint density at radius 3 is 2.87 bits per heavy atom. The molecule has 0 aliphatic carbocycles. The molecular weight excluding hydrogens is 398 g/mol. The lowest BCUT2D eigenvalue weighted by atomic mass is 9.98. The molecule has 4 heterocycles. The summed E-state index contributed by atoms with van der Waals surface area (Å²) in [5.74, 6) is 1.36. The van der Waals surface area contributed by atoms with E-state index in [0.29, 0.717) is 18.2 Å². The number of hydrogen-bond acceptors (Lipinski definition) is 7. The Bertz CT molecular complexity index is 1040. The molecule has 1 amide bonds. The highest BCUT2D eigenvalue weighted by Crippen LogP contribution is 2.32. The monoisotopic (exact) mass is 423 g/mol. The van der Waals surface area contributed by atoms with Crippen LogP contribution in [0.5, 0.6) is 0 Å². The van der Waals surface area contributed by atoms with Gasteiger partial charge in [0.25, 0.3) is 0 Å². The topological polar surface area (TPSA) is 99.7 Å². The van der Waals surface area contributed by atoms with Crippen molar-refractivity contribution in [3.63, 3.8) is 0 Å². The molecular formula is C21H25N7OS. The van der Waals surface area contributed by atoms with E-state index < -0.39 is 0 Å². The molecule has 0 radical (unpaired) electrons. The van der Waals surface area contributed by atoms with Crippen LogP contribution in [0.25, 0.3) is 6.08 Å². The number of amides is 1. The third-order valence-electron chi connectivity index (χ3n) is 5.17. The van der Waals surface area contributed by atoms with Gasteiger partial charge in [0.2, 0.25) is 5.91 Å². The molecule has 1 aliphatic rings. The van der Waals surface area contributed by atoms with Crippen LogP contribution in [0.4, 0.5) is 10.9 Å². The second kappa shape index (κ2) is 8.74. The summed E-state index contributed by atoms with van der Waals surface area (Å²) >= 11 is 1.60. The Balaban J connectivity index is 1.57. The first kappa shape index (κ1) is 20.2. The van der Waals surface area contributed by atoms with Crippen LogP contribution in [-0.4, -0.2) is 42.3 Å². The average Bonchev–Trinajstić information content (AvgIpc) is 3.35. The smallest absolute Gasteiger partial charge is 0.247 e. The highest BCUT2D eigenvalue weighted by molar-refractivity contribution is 7.15. The Kier molecular flexibility index (Phi) is 5.89. The number of imidazole rings is 1. The summed E-state index contributed by atoms with van der Waals surface area (Å²) in [6, 6.07) is 1.87. The van der Waals surface area contributed by atoms with Gasteiger partial charge in [-0.15, -0.1) is 11.3 Å². The number of nitrogens with zero attached hydrogens (tertiary/aromatic N) is 5. The van der Waals surface area contributed by atoms with Crippen molar-refractivity contribution in [2.45, 2.75) is 46.1 Å². The number of H-pyrrole nitrogens is 1. The zero-order valence-corrected chi connectivity index (χ0v) is 18.2. The van der Waals surface area contributed by atoms with Gasteiger partial charge in [-0.1, -0.05) is 0 Å². The van der Waals surface area contributed by atoms with Gasteiger partial charge in [-0.3, -0.25) is 4.79 Å². The number of aromatic nitrogens is 5. The molecule has 30 heavy (non-hydrogen) atoms. The minimum atomic E-state index is -0.0697. The van der Waals surface area contributed by atoms with Crippen molar-refractivity contribution in [3.8, 4) is 0 Å². The van der Waals surface area contributed by atoms with Gasteiger partial charge >= 0.3 is 0 Å². The van der Waals surface area contributed by atoms with E-state index in [-0.39, 0.29) is 11.9 Å². The van der Waals surface area contributed by atoms with E-state index in [4.69, 9.17) is 0 Å². The highest BCUT2D eigenvalue weighted by Gasteiger charge is 2.28. The van der Waals surface area contributed by atoms with Crippen LogP contribution < -0.4 is 5.32 Å². The normalized spacial score (nSPS) is 16.9. The molecule has 0 spiro atoms. The molecule has 156 valence electrons.